The van der Waals surface area contributed by atoms with Crippen molar-refractivity contribution >= 4 is 11.7 Å². The van der Waals surface area contributed by atoms with Crippen molar-refractivity contribution in [2.75, 3.05) is 45.2 Å². The van der Waals surface area contributed by atoms with Gasteiger partial charge in [0, 0.05) is 26.2 Å². The summed E-state index contributed by atoms with van der Waals surface area (Å²) < 4.78 is 10.9. The lowest BCUT2D eigenvalue weighted by Crippen LogP contribution is -2.48. The molecule has 0 radical (unpaired) electrons. The predicted octanol–water partition coefficient (Wildman–Crippen LogP) is 2.17. The zero-order valence-electron chi connectivity index (χ0n) is 14.2. The third-order valence-electron chi connectivity index (χ3n) is 3.69. The molecule has 1 aromatic rings. The van der Waals surface area contributed by atoms with Gasteiger partial charge in [0.15, 0.2) is 0 Å². The first-order valence-corrected chi connectivity index (χ1v) is 8.10. The first-order valence-electron chi connectivity index (χ1n) is 8.10. The van der Waals surface area contributed by atoms with E-state index in [-0.39, 0.29) is 12.1 Å². The van der Waals surface area contributed by atoms with Crippen LogP contribution in [-0.2, 0) is 4.74 Å². The van der Waals surface area contributed by atoms with E-state index in [4.69, 9.17) is 9.47 Å². The van der Waals surface area contributed by atoms with E-state index in [2.05, 4.69) is 29.4 Å². The van der Waals surface area contributed by atoms with Crippen LogP contribution in [0.4, 0.5) is 10.5 Å². The van der Waals surface area contributed by atoms with Crippen molar-refractivity contribution < 1.29 is 14.3 Å². The van der Waals surface area contributed by atoms with E-state index in [0.717, 1.165) is 19.6 Å². The number of rotatable bonds is 6. The highest BCUT2D eigenvalue weighted by atomic mass is 16.5. The number of ether oxygens (including phenoxy) is 2. The lowest BCUT2D eigenvalue weighted by molar-refractivity contribution is -0.0288. The minimum absolute atomic E-state index is 0.0333. The molecule has 0 bridgehead atoms. The van der Waals surface area contributed by atoms with Crippen LogP contribution in [0.3, 0.4) is 0 Å². The van der Waals surface area contributed by atoms with Gasteiger partial charge in [0.1, 0.15) is 5.75 Å². The summed E-state index contributed by atoms with van der Waals surface area (Å²) in [4.78, 5) is 14.4. The average molecular weight is 321 g/mol. The molecule has 23 heavy (non-hydrogen) atoms. The molecule has 0 aliphatic carbocycles. The summed E-state index contributed by atoms with van der Waals surface area (Å²) in [6.07, 6.45) is 0.0333. The second-order valence-electron chi connectivity index (χ2n) is 6.18. The molecule has 6 heteroatoms. The largest absolute Gasteiger partial charge is 0.495 e. The van der Waals surface area contributed by atoms with Crippen LogP contribution in [0, 0.1) is 5.92 Å². The summed E-state index contributed by atoms with van der Waals surface area (Å²) in [5.74, 6) is 1.27. The number of amides is 2. The van der Waals surface area contributed by atoms with E-state index in [9.17, 15) is 4.79 Å². The van der Waals surface area contributed by atoms with Crippen LogP contribution in [0.5, 0.6) is 5.75 Å². The quantitative estimate of drug-likeness (QED) is 0.843. The number of nitrogens with zero attached hydrogens (tertiary/aromatic N) is 1. The smallest absolute Gasteiger partial charge is 0.319 e. The third kappa shape index (κ3) is 5.73. The molecule has 0 saturated carbocycles. The van der Waals surface area contributed by atoms with Crippen LogP contribution in [0.25, 0.3) is 0 Å². The number of para-hydroxylation sites is 2. The SMILES string of the molecule is COc1ccccc1NC(=O)NC[C@@H]1CN(CC(C)C)CCO1. The standard InChI is InChI=1S/C17H27N3O3/c1-13(2)11-20-8-9-23-14(12-20)10-18-17(21)19-15-6-4-5-7-16(15)22-3/h4-7,13-14H,8-12H2,1-3H3,(H2,18,19,21)/t14-/m1/s1. The second kappa shape index (κ2) is 8.74. The van der Waals surface area contributed by atoms with Crippen molar-refractivity contribution in [1.29, 1.82) is 0 Å². The summed E-state index contributed by atoms with van der Waals surface area (Å²) in [6, 6.07) is 7.08. The van der Waals surface area contributed by atoms with Gasteiger partial charge in [-0.05, 0) is 18.1 Å². The highest BCUT2D eigenvalue weighted by Crippen LogP contribution is 2.22. The summed E-state index contributed by atoms with van der Waals surface area (Å²) in [5, 5.41) is 5.67. The van der Waals surface area contributed by atoms with Gasteiger partial charge < -0.3 is 20.1 Å². The first-order chi connectivity index (χ1) is 11.1. The molecule has 1 atom stereocenters. The minimum Gasteiger partial charge on any atom is -0.495 e. The number of hydrogen-bond acceptors (Lipinski definition) is 4. The molecule has 0 aromatic heterocycles. The normalized spacial score (nSPS) is 18.7. The Balaban J connectivity index is 1.77. The Morgan fingerprint density at radius 3 is 2.96 bits per heavy atom. The molecule has 2 N–H and O–H groups in total. The highest BCUT2D eigenvalue weighted by molar-refractivity contribution is 5.90. The van der Waals surface area contributed by atoms with E-state index in [1.54, 1.807) is 13.2 Å². The van der Waals surface area contributed by atoms with Crippen molar-refractivity contribution in [3.8, 4) is 5.75 Å². The number of carbonyl (C=O) groups is 1. The zero-order valence-corrected chi connectivity index (χ0v) is 14.2. The average Bonchev–Trinajstić information content (AvgIpc) is 2.53. The van der Waals surface area contributed by atoms with Crippen LogP contribution in [-0.4, -0.2) is 56.9 Å². The van der Waals surface area contributed by atoms with Gasteiger partial charge in [0.25, 0.3) is 0 Å². The monoisotopic (exact) mass is 321 g/mol. The Bertz CT molecular complexity index is 508. The molecule has 2 rings (SSSR count). The Labute approximate surface area is 138 Å². The zero-order chi connectivity index (χ0) is 16.7. The topological polar surface area (TPSA) is 62.8 Å². The van der Waals surface area contributed by atoms with Crippen LogP contribution < -0.4 is 15.4 Å². The molecular weight excluding hydrogens is 294 g/mol. The molecule has 1 heterocycles. The maximum absolute atomic E-state index is 12.0. The number of hydrogen-bond donors (Lipinski definition) is 2. The molecule has 0 unspecified atom stereocenters. The number of nitrogens with one attached hydrogen (secondary N) is 2. The van der Waals surface area contributed by atoms with Crippen LogP contribution in [0.2, 0.25) is 0 Å². The van der Waals surface area contributed by atoms with Crippen LogP contribution in [0.15, 0.2) is 24.3 Å². The van der Waals surface area contributed by atoms with Crippen LogP contribution in [0.1, 0.15) is 13.8 Å². The number of morpholine rings is 1. The maximum atomic E-state index is 12.0. The minimum atomic E-state index is -0.251. The summed E-state index contributed by atoms with van der Waals surface area (Å²) in [5.41, 5.74) is 0.651. The van der Waals surface area contributed by atoms with Gasteiger partial charge in [-0.3, -0.25) is 4.90 Å². The van der Waals surface area contributed by atoms with Crippen molar-refractivity contribution in [3.05, 3.63) is 24.3 Å². The molecule has 1 aliphatic rings. The van der Waals surface area contributed by atoms with E-state index in [1.165, 1.54) is 0 Å². The Kier molecular flexibility index (Phi) is 6.67. The van der Waals surface area contributed by atoms with Gasteiger partial charge >= 0.3 is 6.03 Å². The number of urea groups is 1. The molecule has 6 nitrogen and oxygen atoms in total. The maximum Gasteiger partial charge on any atom is 0.319 e. The molecule has 1 saturated heterocycles. The van der Waals surface area contributed by atoms with Crippen molar-refractivity contribution in [1.82, 2.24) is 10.2 Å². The highest BCUT2D eigenvalue weighted by Gasteiger charge is 2.21. The van der Waals surface area contributed by atoms with Crippen LogP contribution >= 0.6 is 0 Å². The fourth-order valence-corrected chi connectivity index (χ4v) is 2.71. The molecule has 1 aromatic carbocycles. The van der Waals surface area contributed by atoms with Crippen molar-refractivity contribution in [3.63, 3.8) is 0 Å². The molecule has 0 spiro atoms. The van der Waals surface area contributed by atoms with Gasteiger partial charge in [-0.15, -0.1) is 0 Å². The number of carbonyl (C=O) groups excluding carboxylic acids is 1. The van der Waals surface area contributed by atoms with E-state index in [0.29, 0.717) is 30.5 Å². The van der Waals surface area contributed by atoms with E-state index in [1.807, 2.05) is 18.2 Å². The molecule has 1 aliphatic heterocycles. The summed E-state index contributed by atoms with van der Waals surface area (Å²) in [6.45, 7) is 8.51. The molecule has 2 amide bonds. The fraction of sp³-hybridized carbons (Fsp3) is 0.588. The lowest BCUT2D eigenvalue weighted by Gasteiger charge is -2.33. The fourth-order valence-electron chi connectivity index (χ4n) is 2.71. The summed E-state index contributed by atoms with van der Waals surface area (Å²) in [7, 11) is 1.58. The third-order valence-corrected chi connectivity index (χ3v) is 3.69. The van der Waals surface area contributed by atoms with Gasteiger partial charge in [-0.2, -0.15) is 0 Å². The Morgan fingerprint density at radius 1 is 1.43 bits per heavy atom. The number of anilines is 1. The lowest BCUT2D eigenvalue weighted by atomic mass is 10.2. The van der Waals surface area contributed by atoms with Gasteiger partial charge in [-0.1, -0.05) is 26.0 Å². The van der Waals surface area contributed by atoms with Crippen molar-refractivity contribution in [2.45, 2.75) is 20.0 Å². The van der Waals surface area contributed by atoms with E-state index < -0.39 is 0 Å². The predicted molar refractivity (Wildman–Crippen MR) is 91.0 cm³/mol. The van der Waals surface area contributed by atoms with Crippen molar-refractivity contribution in [2.24, 2.45) is 5.92 Å². The summed E-state index contributed by atoms with van der Waals surface area (Å²) >= 11 is 0. The van der Waals surface area contributed by atoms with Gasteiger partial charge in [0.05, 0.1) is 25.5 Å². The molecule has 128 valence electrons. The second-order valence-corrected chi connectivity index (χ2v) is 6.18. The first kappa shape index (κ1) is 17.6. The Morgan fingerprint density at radius 2 is 2.22 bits per heavy atom. The number of benzene rings is 1. The van der Waals surface area contributed by atoms with Gasteiger partial charge in [-0.25, -0.2) is 4.79 Å². The Hall–Kier alpha value is -1.79. The molecular formula is C17H27N3O3. The van der Waals surface area contributed by atoms with E-state index >= 15 is 0 Å². The molecule has 1 fully saturated rings. The van der Waals surface area contributed by atoms with Gasteiger partial charge in [0.2, 0.25) is 0 Å². The number of methoxy groups -OCH3 is 1.